The molecular weight excluding hydrogens is 360 g/mol. The van der Waals surface area contributed by atoms with Crippen LogP contribution in [0.5, 0.6) is 0 Å². The molecule has 0 spiro atoms. The molecule has 0 saturated carbocycles. The van der Waals surface area contributed by atoms with Gasteiger partial charge in [0.25, 0.3) is 0 Å². The third-order valence-electron chi connectivity index (χ3n) is 5.37. The number of anilines is 2. The highest BCUT2D eigenvalue weighted by Gasteiger charge is 2.36. The van der Waals surface area contributed by atoms with Crippen molar-refractivity contribution in [3.8, 4) is 0 Å². The molecule has 1 atom stereocenters. The molecule has 0 bridgehead atoms. The van der Waals surface area contributed by atoms with Gasteiger partial charge in [-0.1, -0.05) is 37.3 Å². The number of aromatic nitrogens is 2. The predicted octanol–water partition coefficient (Wildman–Crippen LogP) is 4.05. The first kappa shape index (κ1) is 19.5. The van der Waals surface area contributed by atoms with Crippen LogP contribution in [0.15, 0.2) is 18.2 Å². The Morgan fingerprint density at radius 2 is 2.04 bits per heavy atom. The summed E-state index contributed by atoms with van der Waals surface area (Å²) >= 11 is 1.43. The number of nitrogens with one attached hydrogen (secondary N) is 1. The molecule has 7 heteroatoms. The summed E-state index contributed by atoms with van der Waals surface area (Å²) in [7, 11) is 0. The molecule has 2 aromatic rings. The molecule has 3 rings (SSSR count). The zero-order valence-corrected chi connectivity index (χ0v) is 17.1. The van der Waals surface area contributed by atoms with Gasteiger partial charge >= 0.3 is 0 Å². The Morgan fingerprint density at radius 3 is 2.74 bits per heavy atom. The van der Waals surface area contributed by atoms with Crippen molar-refractivity contribution in [3.05, 3.63) is 34.3 Å². The summed E-state index contributed by atoms with van der Waals surface area (Å²) in [6.45, 7) is 8.68. The van der Waals surface area contributed by atoms with Crippen LogP contribution >= 0.6 is 11.3 Å². The normalized spacial score (nSPS) is 17.0. The summed E-state index contributed by atoms with van der Waals surface area (Å²) in [5.41, 5.74) is 3.10. The van der Waals surface area contributed by atoms with Gasteiger partial charge in [-0.3, -0.25) is 9.59 Å². The molecule has 1 aromatic heterocycles. The maximum Gasteiger partial charge on any atom is 0.231 e. The SMILES string of the molecule is CCC(CC)c1nnc(NC(=O)C2CC(=O)N(c3cccc(C)c3C)C2)s1. The number of aryl methyl sites for hydroxylation is 1. The van der Waals surface area contributed by atoms with Crippen molar-refractivity contribution in [3.63, 3.8) is 0 Å². The number of nitrogens with zero attached hydrogens (tertiary/aromatic N) is 3. The molecule has 1 unspecified atom stereocenters. The highest BCUT2D eigenvalue weighted by atomic mass is 32.1. The van der Waals surface area contributed by atoms with Crippen LogP contribution in [-0.4, -0.2) is 28.6 Å². The van der Waals surface area contributed by atoms with Gasteiger partial charge in [0.2, 0.25) is 16.9 Å². The van der Waals surface area contributed by atoms with Crippen LogP contribution < -0.4 is 10.2 Å². The van der Waals surface area contributed by atoms with Gasteiger partial charge < -0.3 is 10.2 Å². The fourth-order valence-corrected chi connectivity index (χ4v) is 4.45. The van der Waals surface area contributed by atoms with Crippen molar-refractivity contribution in [2.45, 2.75) is 52.9 Å². The highest BCUT2D eigenvalue weighted by Crippen LogP contribution is 2.31. The Bertz CT molecular complexity index is 844. The zero-order chi connectivity index (χ0) is 19.6. The van der Waals surface area contributed by atoms with E-state index < -0.39 is 0 Å². The van der Waals surface area contributed by atoms with Crippen LogP contribution in [0.4, 0.5) is 10.8 Å². The Kier molecular flexibility index (Phi) is 5.89. The molecule has 1 saturated heterocycles. The molecule has 1 aliphatic heterocycles. The monoisotopic (exact) mass is 386 g/mol. The van der Waals surface area contributed by atoms with E-state index in [1.165, 1.54) is 11.3 Å². The van der Waals surface area contributed by atoms with Gasteiger partial charge in [-0.05, 0) is 43.9 Å². The Balaban J connectivity index is 1.68. The second-order valence-corrected chi connectivity index (χ2v) is 8.08. The first-order chi connectivity index (χ1) is 12.9. The minimum Gasteiger partial charge on any atom is -0.311 e. The maximum atomic E-state index is 12.7. The largest absolute Gasteiger partial charge is 0.311 e. The van der Waals surface area contributed by atoms with Crippen molar-refractivity contribution in [2.24, 2.45) is 5.92 Å². The number of hydrogen-bond donors (Lipinski definition) is 1. The quantitative estimate of drug-likeness (QED) is 0.813. The molecule has 2 amide bonds. The van der Waals surface area contributed by atoms with Crippen LogP contribution in [-0.2, 0) is 9.59 Å². The van der Waals surface area contributed by atoms with E-state index in [2.05, 4.69) is 29.4 Å². The maximum absolute atomic E-state index is 12.7. The van der Waals surface area contributed by atoms with Gasteiger partial charge in [-0.25, -0.2) is 0 Å². The molecule has 1 N–H and O–H groups in total. The first-order valence-electron chi connectivity index (χ1n) is 9.45. The summed E-state index contributed by atoms with van der Waals surface area (Å²) in [4.78, 5) is 26.9. The van der Waals surface area contributed by atoms with Crippen LogP contribution in [0.25, 0.3) is 0 Å². The van der Waals surface area contributed by atoms with Crippen molar-refractivity contribution in [1.29, 1.82) is 0 Å². The lowest BCUT2D eigenvalue weighted by Gasteiger charge is -2.20. The lowest BCUT2D eigenvalue weighted by molar-refractivity contribution is -0.122. The van der Waals surface area contributed by atoms with Crippen molar-refractivity contribution >= 4 is 34.0 Å². The van der Waals surface area contributed by atoms with E-state index in [9.17, 15) is 9.59 Å². The summed E-state index contributed by atoms with van der Waals surface area (Å²) in [5, 5.41) is 12.6. The molecule has 27 heavy (non-hydrogen) atoms. The number of benzene rings is 1. The Hall–Kier alpha value is -2.28. The highest BCUT2D eigenvalue weighted by molar-refractivity contribution is 7.15. The van der Waals surface area contributed by atoms with Gasteiger partial charge in [0, 0.05) is 24.6 Å². The topological polar surface area (TPSA) is 75.2 Å². The van der Waals surface area contributed by atoms with Gasteiger partial charge in [-0.15, -0.1) is 10.2 Å². The van der Waals surface area contributed by atoms with Gasteiger partial charge in [0.05, 0.1) is 5.92 Å². The standard InChI is InChI=1S/C20H26N4O2S/c1-5-14(6-2)19-22-23-20(27-19)21-18(26)15-10-17(25)24(11-15)16-9-7-8-12(3)13(16)4/h7-9,14-15H,5-6,10-11H2,1-4H3,(H,21,23,26). The van der Waals surface area contributed by atoms with E-state index in [0.29, 0.717) is 17.6 Å². The third-order valence-corrected chi connectivity index (χ3v) is 6.37. The van der Waals surface area contributed by atoms with E-state index in [1.54, 1.807) is 4.90 Å². The fraction of sp³-hybridized carbons (Fsp3) is 0.500. The van der Waals surface area contributed by atoms with E-state index in [4.69, 9.17) is 0 Å². The van der Waals surface area contributed by atoms with Crippen molar-refractivity contribution in [1.82, 2.24) is 10.2 Å². The van der Waals surface area contributed by atoms with Crippen LogP contribution in [0.3, 0.4) is 0 Å². The van der Waals surface area contributed by atoms with Crippen LogP contribution in [0.1, 0.15) is 55.2 Å². The molecule has 2 heterocycles. The van der Waals surface area contributed by atoms with E-state index >= 15 is 0 Å². The fourth-order valence-electron chi connectivity index (χ4n) is 3.44. The zero-order valence-electron chi connectivity index (χ0n) is 16.3. The molecule has 0 aliphatic carbocycles. The second kappa shape index (κ2) is 8.17. The van der Waals surface area contributed by atoms with Gasteiger partial charge in [0.1, 0.15) is 5.01 Å². The van der Waals surface area contributed by atoms with Crippen molar-refractivity contribution < 1.29 is 9.59 Å². The number of carbonyl (C=O) groups excluding carboxylic acids is 2. The van der Waals surface area contributed by atoms with E-state index in [-0.39, 0.29) is 24.2 Å². The van der Waals surface area contributed by atoms with Gasteiger partial charge in [-0.2, -0.15) is 0 Å². The predicted molar refractivity (Wildman–Crippen MR) is 108 cm³/mol. The minimum atomic E-state index is -0.377. The molecule has 1 aliphatic rings. The lowest BCUT2D eigenvalue weighted by atomic mass is 10.1. The first-order valence-corrected chi connectivity index (χ1v) is 10.3. The summed E-state index contributed by atoms with van der Waals surface area (Å²) in [6.07, 6.45) is 2.22. The number of rotatable bonds is 6. The molecule has 1 aromatic carbocycles. The molecule has 1 fully saturated rings. The summed E-state index contributed by atoms with van der Waals surface area (Å²) < 4.78 is 0. The average molecular weight is 387 g/mol. The van der Waals surface area contributed by atoms with Crippen LogP contribution in [0.2, 0.25) is 0 Å². The smallest absolute Gasteiger partial charge is 0.231 e. The molecule has 6 nitrogen and oxygen atoms in total. The number of hydrogen-bond acceptors (Lipinski definition) is 5. The molecule has 0 radical (unpaired) electrons. The molecule has 144 valence electrons. The Labute approximate surface area is 164 Å². The Morgan fingerprint density at radius 1 is 1.30 bits per heavy atom. The second-order valence-electron chi connectivity index (χ2n) is 7.07. The summed E-state index contributed by atoms with van der Waals surface area (Å²) in [6, 6.07) is 5.91. The van der Waals surface area contributed by atoms with Crippen LogP contribution in [0, 0.1) is 19.8 Å². The van der Waals surface area contributed by atoms with Crippen molar-refractivity contribution in [2.75, 3.05) is 16.8 Å². The van der Waals surface area contributed by atoms with Gasteiger partial charge in [0.15, 0.2) is 0 Å². The molecular formula is C20H26N4O2S. The average Bonchev–Trinajstić information content (AvgIpc) is 3.25. The minimum absolute atomic E-state index is 0.0150. The summed E-state index contributed by atoms with van der Waals surface area (Å²) in [5.74, 6) is -0.179. The third kappa shape index (κ3) is 4.03. The number of amides is 2. The number of carbonyl (C=O) groups is 2. The van der Waals surface area contributed by atoms with E-state index in [0.717, 1.165) is 34.7 Å². The lowest BCUT2D eigenvalue weighted by Crippen LogP contribution is -2.28. The van der Waals surface area contributed by atoms with E-state index in [1.807, 2.05) is 32.0 Å².